The Balaban J connectivity index is 2.60. The lowest BCUT2D eigenvalue weighted by Crippen LogP contribution is -2.43. The first-order valence-electron chi connectivity index (χ1n) is 6.37. The number of carbonyl (C=O) groups is 1. The third kappa shape index (κ3) is 5.10. The van der Waals surface area contributed by atoms with Gasteiger partial charge in [-0.1, -0.05) is 0 Å². The Labute approximate surface area is 119 Å². The van der Waals surface area contributed by atoms with Crippen molar-refractivity contribution in [1.29, 1.82) is 0 Å². The molecule has 0 saturated heterocycles. The Morgan fingerprint density at radius 1 is 1.30 bits per heavy atom. The van der Waals surface area contributed by atoms with E-state index in [4.69, 9.17) is 0 Å². The first-order chi connectivity index (χ1) is 9.21. The average molecular weight is 281 g/mol. The number of likely N-dealkylation sites (N-methyl/N-ethyl adjacent to an activating group) is 1. The lowest BCUT2D eigenvalue weighted by atomic mass is 10.1. The second kappa shape index (κ2) is 6.62. The van der Waals surface area contributed by atoms with Crippen molar-refractivity contribution in [3.8, 4) is 0 Å². The molecule has 0 fully saturated rings. The fourth-order valence-electron chi connectivity index (χ4n) is 1.79. The first-order valence-corrected chi connectivity index (χ1v) is 6.37. The summed E-state index contributed by atoms with van der Waals surface area (Å²) < 4.78 is 0. The molecule has 20 heavy (non-hydrogen) atoms. The molecule has 0 aliphatic heterocycles. The molecule has 7 nitrogen and oxygen atoms in total. The molecule has 7 heteroatoms. The van der Waals surface area contributed by atoms with Crippen LogP contribution in [-0.4, -0.2) is 77.9 Å². The molecule has 0 aromatic carbocycles. The van der Waals surface area contributed by atoms with E-state index in [1.54, 1.807) is 33.2 Å². The lowest BCUT2D eigenvalue weighted by molar-refractivity contribution is 0.0459. The summed E-state index contributed by atoms with van der Waals surface area (Å²) in [5.41, 5.74) is -0.579. The van der Waals surface area contributed by atoms with Gasteiger partial charge >= 0.3 is 0 Å². The summed E-state index contributed by atoms with van der Waals surface area (Å²) in [5.74, 6) is 0.336. The zero-order chi connectivity index (χ0) is 15.3. The van der Waals surface area contributed by atoms with Gasteiger partial charge in [-0.05, 0) is 33.2 Å². The number of nitrogens with one attached hydrogen (secondary N) is 1. The Morgan fingerprint density at radius 3 is 2.40 bits per heavy atom. The summed E-state index contributed by atoms with van der Waals surface area (Å²) in [5, 5.41) is 21.0. The third-order valence-electron chi connectivity index (χ3n) is 2.60. The van der Waals surface area contributed by atoms with Gasteiger partial charge in [0.2, 0.25) is 0 Å². The molecule has 1 heterocycles. The largest absolute Gasteiger partial charge is 0.387 e. The summed E-state index contributed by atoms with van der Waals surface area (Å²) in [6, 6.07) is 3.29. The summed E-state index contributed by atoms with van der Waals surface area (Å²) in [6.45, 7) is 2.63. The van der Waals surface area contributed by atoms with Crippen LogP contribution in [0, 0.1) is 0 Å². The van der Waals surface area contributed by atoms with Crippen LogP contribution in [-0.2, 0) is 0 Å². The van der Waals surface area contributed by atoms with Crippen LogP contribution in [0.15, 0.2) is 12.1 Å². The van der Waals surface area contributed by atoms with Gasteiger partial charge in [0.05, 0.1) is 5.60 Å². The molecule has 112 valence electrons. The van der Waals surface area contributed by atoms with E-state index in [1.165, 1.54) is 4.90 Å². The molecule has 1 rings (SSSR count). The number of amides is 1. The zero-order valence-corrected chi connectivity index (χ0v) is 12.7. The molecule has 1 unspecified atom stereocenters. The van der Waals surface area contributed by atoms with Gasteiger partial charge in [0, 0.05) is 27.2 Å². The molecule has 1 aromatic rings. The molecule has 0 saturated carbocycles. The minimum atomic E-state index is -0.872. The van der Waals surface area contributed by atoms with Crippen LogP contribution in [0.3, 0.4) is 0 Å². The van der Waals surface area contributed by atoms with E-state index in [9.17, 15) is 9.90 Å². The third-order valence-corrected chi connectivity index (χ3v) is 2.60. The molecule has 1 amide bonds. The number of hydrogen-bond acceptors (Lipinski definition) is 6. The van der Waals surface area contributed by atoms with Gasteiger partial charge in [0.25, 0.3) is 5.91 Å². The fraction of sp³-hybridized carbons (Fsp3) is 0.615. The molecule has 0 spiro atoms. The highest BCUT2D eigenvalue weighted by Gasteiger charge is 2.21. The second-order valence-electron chi connectivity index (χ2n) is 5.59. The van der Waals surface area contributed by atoms with Crippen molar-refractivity contribution in [2.75, 3.05) is 46.6 Å². The van der Waals surface area contributed by atoms with E-state index in [-0.39, 0.29) is 5.91 Å². The molecular formula is C13H23N5O2. The van der Waals surface area contributed by atoms with Crippen LogP contribution < -0.4 is 5.32 Å². The van der Waals surface area contributed by atoms with Gasteiger partial charge in [0.15, 0.2) is 5.69 Å². The minimum absolute atomic E-state index is 0.191. The Bertz CT molecular complexity index is 443. The van der Waals surface area contributed by atoms with Crippen molar-refractivity contribution < 1.29 is 9.90 Å². The van der Waals surface area contributed by atoms with Crippen LogP contribution in [0.5, 0.6) is 0 Å². The average Bonchev–Trinajstić information content (AvgIpc) is 2.34. The Hall–Kier alpha value is -1.73. The number of nitrogens with zero attached hydrogens (tertiary/aromatic N) is 4. The number of carbonyl (C=O) groups excluding carboxylic acids is 1. The van der Waals surface area contributed by atoms with Gasteiger partial charge in [-0.25, -0.2) is 0 Å². The molecular weight excluding hydrogens is 258 g/mol. The first kappa shape index (κ1) is 16.3. The number of rotatable bonds is 6. The Kier molecular flexibility index (Phi) is 5.41. The van der Waals surface area contributed by atoms with E-state index in [0.29, 0.717) is 24.6 Å². The molecule has 1 atom stereocenters. The van der Waals surface area contributed by atoms with E-state index >= 15 is 0 Å². The quantitative estimate of drug-likeness (QED) is 0.758. The van der Waals surface area contributed by atoms with E-state index < -0.39 is 5.60 Å². The van der Waals surface area contributed by atoms with Crippen molar-refractivity contribution in [3.63, 3.8) is 0 Å². The van der Waals surface area contributed by atoms with Crippen LogP contribution in [0.2, 0.25) is 0 Å². The fourth-order valence-corrected chi connectivity index (χ4v) is 1.79. The summed E-state index contributed by atoms with van der Waals surface area (Å²) in [4.78, 5) is 15.0. The van der Waals surface area contributed by atoms with Gasteiger partial charge in [-0.15, -0.1) is 10.2 Å². The van der Waals surface area contributed by atoms with E-state index in [0.717, 1.165) is 0 Å². The summed E-state index contributed by atoms with van der Waals surface area (Å²) >= 11 is 0. The van der Waals surface area contributed by atoms with Crippen molar-refractivity contribution in [1.82, 2.24) is 20.0 Å². The summed E-state index contributed by atoms with van der Waals surface area (Å²) in [6.07, 6.45) is 0. The number of hydrogen-bond donors (Lipinski definition) is 2. The molecule has 0 radical (unpaired) electrons. The molecule has 2 N–H and O–H groups in total. The minimum Gasteiger partial charge on any atom is -0.387 e. The number of anilines is 1. The van der Waals surface area contributed by atoms with Gasteiger partial charge in [-0.3, -0.25) is 4.79 Å². The molecule has 1 aromatic heterocycles. The van der Waals surface area contributed by atoms with E-state index in [1.807, 2.05) is 19.0 Å². The monoisotopic (exact) mass is 281 g/mol. The van der Waals surface area contributed by atoms with Crippen LogP contribution in [0.25, 0.3) is 0 Å². The smallest absolute Gasteiger partial charge is 0.273 e. The SMILES string of the molecule is CN(C)CC(C)(O)CNc1ccc(C(=O)N(C)C)nn1. The Morgan fingerprint density at radius 2 is 1.95 bits per heavy atom. The predicted octanol–water partition coefficient (Wildman–Crippen LogP) is -0.0971. The highest BCUT2D eigenvalue weighted by Crippen LogP contribution is 2.08. The zero-order valence-electron chi connectivity index (χ0n) is 12.7. The molecule has 0 aliphatic carbocycles. The predicted molar refractivity (Wildman–Crippen MR) is 77.7 cm³/mol. The second-order valence-corrected chi connectivity index (χ2v) is 5.59. The standard InChI is InChI=1S/C13H23N5O2/c1-13(20,9-17(2)3)8-14-11-7-6-10(15-16-11)12(19)18(4)5/h6-7,20H,8-9H2,1-5H3,(H,14,16). The van der Waals surface area contributed by atoms with Crippen molar-refractivity contribution in [2.24, 2.45) is 0 Å². The molecule has 0 bridgehead atoms. The normalized spacial score (nSPS) is 13.9. The van der Waals surface area contributed by atoms with E-state index in [2.05, 4.69) is 15.5 Å². The van der Waals surface area contributed by atoms with Crippen molar-refractivity contribution in [3.05, 3.63) is 17.8 Å². The van der Waals surface area contributed by atoms with Crippen molar-refractivity contribution in [2.45, 2.75) is 12.5 Å². The van der Waals surface area contributed by atoms with Crippen LogP contribution in [0.4, 0.5) is 5.82 Å². The van der Waals surface area contributed by atoms with Gasteiger partial charge in [0.1, 0.15) is 5.82 Å². The highest BCUT2D eigenvalue weighted by molar-refractivity contribution is 5.91. The van der Waals surface area contributed by atoms with Crippen LogP contribution in [0.1, 0.15) is 17.4 Å². The highest BCUT2D eigenvalue weighted by atomic mass is 16.3. The lowest BCUT2D eigenvalue weighted by Gasteiger charge is -2.27. The maximum absolute atomic E-state index is 11.7. The number of aliphatic hydroxyl groups is 1. The maximum atomic E-state index is 11.7. The van der Waals surface area contributed by atoms with Crippen molar-refractivity contribution >= 4 is 11.7 Å². The summed E-state index contributed by atoms with van der Waals surface area (Å²) in [7, 11) is 7.12. The number of aromatic nitrogens is 2. The van der Waals surface area contributed by atoms with Gasteiger partial charge < -0.3 is 20.2 Å². The van der Waals surface area contributed by atoms with Crippen LogP contribution >= 0.6 is 0 Å². The topological polar surface area (TPSA) is 81.6 Å². The molecule has 0 aliphatic rings. The maximum Gasteiger partial charge on any atom is 0.273 e. The van der Waals surface area contributed by atoms with Gasteiger partial charge in [-0.2, -0.15) is 0 Å².